The van der Waals surface area contributed by atoms with Gasteiger partial charge in [-0.05, 0) is 38.5 Å². The first-order valence-corrected chi connectivity index (χ1v) is 8.55. The third-order valence-electron chi connectivity index (χ3n) is 3.46. The Morgan fingerprint density at radius 2 is 1.88 bits per heavy atom. The van der Waals surface area contributed by atoms with E-state index in [1.165, 1.54) is 0 Å². The van der Waals surface area contributed by atoms with Crippen molar-refractivity contribution in [1.82, 2.24) is 4.90 Å². The van der Waals surface area contributed by atoms with E-state index in [0.717, 1.165) is 9.37 Å². The van der Waals surface area contributed by atoms with Gasteiger partial charge in [-0.15, -0.1) is 0 Å². The van der Waals surface area contributed by atoms with E-state index in [1.807, 2.05) is 0 Å². The first kappa shape index (κ1) is 19.6. The van der Waals surface area contributed by atoms with Crippen LogP contribution in [0.4, 0.5) is 13.6 Å². The molecular formula is C17H20BrF2NO4. The van der Waals surface area contributed by atoms with Crippen molar-refractivity contribution in [1.29, 1.82) is 0 Å². The number of halogens is 3. The van der Waals surface area contributed by atoms with E-state index < -0.39 is 42.6 Å². The minimum atomic E-state index is -3.15. The van der Waals surface area contributed by atoms with Crippen LogP contribution in [0.3, 0.4) is 0 Å². The standard InChI is InChI=1S/C17H20BrF2NO4/c1-16(2,3)25-15(23)21-10-17(19,20)8-13(21)14(22)24-9-11-4-6-12(18)7-5-11/h4-7,13H,8-10H2,1-3H3/t13-/m0/s1. The van der Waals surface area contributed by atoms with Crippen LogP contribution in [0, 0.1) is 0 Å². The van der Waals surface area contributed by atoms with Crippen LogP contribution in [0.15, 0.2) is 28.7 Å². The van der Waals surface area contributed by atoms with Crippen LogP contribution in [-0.2, 0) is 20.9 Å². The molecular weight excluding hydrogens is 400 g/mol. The number of hydrogen-bond acceptors (Lipinski definition) is 4. The van der Waals surface area contributed by atoms with Crippen molar-refractivity contribution in [2.24, 2.45) is 0 Å². The number of nitrogens with zero attached hydrogens (tertiary/aromatic N) is 1. The minimum absolute atomic E-state index is 0.0592. The summed E-state index contributed by atoms with van der Waals surface area (Å²) in [5.74, 6) is -4.02. The van der Waals surface area contributed by atoms with Crippen molar-refractivity contribution in [3.8, 4) is 0 Å². The number of carbonyl (C=O) groups is 2. The molecule has 8 heteroatoms. The van der Waals surface area contributed by atoms with Crippen LogP contribution in [0.5, 0.6) is 0 Å². The SMILES string of the molecule is CC(C)(C)OC(=O)N1CC(F)(F)C[C@H]1C(=O)OCc1ccc(Br)cc1. The second-order valence-electron chi connectivity index (χ2n) is 6.92. The van der Waals surface area contributed by atoms with Crippen LogP contribution >= 0.6 is 15.9 Å². The molecule has 0 radical (unpaired) electrons. The minimum Gasteiger partial charge on any atom is -0.459 e. The zero-order valence-corrected chi connectivity index (χ0v) is 15.8. The van der Waals surface area contributed by atoms with Crippen LogP contribution in [0.25, 0.3) is 0 Å². The summed E-state index contributed by atoms with van der Waals surface area (Å²) < 4.78 is 38.6. The zero-order valence-electron chi connectivity index (χ0n) is 14.2. The summed E-state index contributed by atoms with van der Waals surface area (Å²) >= 11 is 3.29. The second kappa shape index (κ2) is 7.27. The largest absolute Gasteiger partial charge is 0.459 e. The van der Waals surface area contributed by atoms with Gasteiger partial charge in [-0.25, -0.2) is 18.4 Å². The van der Waals surface area contributed by atoms with E-state index in [0.29, 0.717) is 5.56 Å². The normalized spacial score (nSPS) is 19.6. The lowest BCUT2D eigenvalue weighted by atomic mass is 10.2. The highest BCUT2D eigenvalue weighted by molar-refractivity contribution is 9.10. The van der Waals surface area contributed by atoms with Crippen LogP contribution < -0.4 is 0 Å². The Labute approximate surface area is 153 Å². The Hall–Kier alpha value is -1.70. The molecule has 1 saturated heterocycles. The third-order valence-corrected chi connectivity index (χ3v) is 3.99. The number of esters is 1. The molecule has 1 aromatic rings. The van der Waals surface area contributed by atoms with Crippen LogP contribution in [0.2, 0.25) is 0 Å². The predicted molar refractivity (Wildman–Crippen MR) is 90.2 cm³/mol. The first-order chi connectivity index (χ1) is 11.5. The lowest BCUT2D eigenvalue weighted by Gasteiger charge is -2.27. The average Bonchev–Trinajstić information content (AvgIpc) is 2.81. The van der Waals surface area contributed by atoms with E-state index in [1.54, 1.807) is 45.0 Å². The number of amides is 1. The maximum absolute atomic E-state index is 13.7. The molecule has 0 bridgehead atoms. The zero-order chi connectivity index (χ0) is 18.8. The van der Waals surface area contributed by atoms with E-state index in [2.05, 4.69) is 15.9 Å². The number of hydrogen-bond donors (Lipinski definition) is 0. The van der Waals surface area contributed by atoms with Crippen molar-refractivity contribution in [3.63, 3.8) is 0 Å². The lowest BCUT2D eigenvalue weighted by Crippen LogP contribution is -2.44. The Kier molecular flexibility index (Phi) is 5.71. The summed E-state index contributed by atoms with van der Waals surface area (Å²) in [6.45, 7) is 3.95. The number of carbonyl (C=O) groups excluding carboxylic acids is 2. The Bertz CT molecular complexity index is 643. The van der Waals surface area contributed by atoms with Gasteiger partial charge in [0.15, 0.2) is 0 Å². The highest BCUT2D eigenvalue weighted by Crippen LogP contribution is 2.33. The molecule has 2 rings (SSSR count). The molecule has 0 saturated carbocycles. The van der Waals surface area contributed by atoms with Crippen molar-refractivity contribution < 1.29 is 27.8 Å². The quantitative estimate of drug-likeness (QED) is 0.690. The van der Waals surface area contributed by atoms with E-state index >= 15 is 0 Å². The summed E-state index contributed by atoms with van der Waals surface area (Å²) in [5, 5.41) is 0. The van der Waals surface area contributed by atoms with E-state index in [4.69, 9.17) is 9.47 Å². The summed E-state index contributed by atoms with van der Waals surface area (Å²) in [5.41, 5.74) is -0.133. The molecule has 0 spiro atoms. The first-order valence-electron chi connectivity index (χ1n) is 7.75. The number of alkyl halides is 2. The molecule has 1 aliphatic heterocycles. The maximum atomic E-state index is 13.7. The molecule has 1 fully saturated rings. The fraction of sp³-hybridized carbons (Fsp3) is 0.529. The molecule has 138 valence electrons. The number of benzene rings is 1. The van der Waals surface area contributed by atoms with Gasteiger partial charge in [-0.3, -0.25) is 4.90 Å². The van der Waals surface area contributed by atoms with Gasteiger partial charge in [0.05, 0.1) is 6.54 Å². The van der Waals surface area contributed by atoms with Gasteiger partial charge < -0.3 is 9.47 Å². The Morgan fingerprint density at radius 1 is 1.28 bits per heavy atom. The molecule has 0 unspecified atom stereocenters. The molecule has 5 nitrogen and oxygen atoms in total. The van der Waals surface area contributed by atoms with Gasteiger partial charge in [0, 0.05) is 10.9 Å². The number of ether oxygens (including phenoxy) is 2. The van der Waals surface area contributed by atoms with E-state index in [-0.39, 0.29) is 6.61 Å². The van der Waals surface area contributed by atoms with Crippen molar-refractivity contribution >= 4 is 28.0 Å². The van der Waals surface area contributed by atoms with Gasteiger partial charge >= 0.3 is 12.1 Å². The van der Waals surface area contributed by atoms with Crippen molar-refractivity contribution in [2.45, 2.75) is 51.4 Å². The van der Waals surface area contributed by atoms with Crippen molar-refractivity contribution in [3.05, 3.63) is 34.3 Å². The lowest BCUT2D eigenvalue weighted by molar-refractivity contribution is -0.150. The van der Waals surface area contributed by atoms with Gasteiger partial charge in [0.1, 0.15) is 18.2 Å². The number of likely N-dealkylation sites (tertiary alicyclic amines) is 1. The third kappa shape index (κ3) is 5.66. The molecule has 0 aliphatic carbocycles. The van der Waals surface area contributed by atoms with Crippen LogP contribution in [0.1, 0.15) is 32.8 Å². The molecule has 1 atom stereocenters. The molecule has 0 aromatic heterocycles. The van der Waals surface area contributed by atoms with Gasteiger partial charge in [-0.1, -0.05) is 28.1 Å². The Morgan fingerprint density at radius 3 is 2.44 bits per heavy atom. The molecule has 1 aromatic carbocycles. The maximum Gasteiger partial charge on any atom is 0.411 e. The molecule has 1 amide bonds. The summed E-state index contributed by atoms with van der Waals surface area (Å²) in [6.07, 6.45) is -1.72. The molecule has 1 heterocycles. The highest BCUT2D eigenvalue weighted by Gasteiger charge is 2.51. The fourth-order valence-corrected chi connectivity index (χ4v) is 2.64. The second-order valence-corrected chi connectivity index (χ2v) is 7.83. The van der Waals surface area contributed by atoms with Gasteiger partial charge in [0.2, 0.25) is 0 Å². The fourth-order valence-electron chi connectivity index (χ4n) is 2.37. The van der Waals surface area contributed by atoms with E-state index in [9.17, 15) is 18.4 Å². The molecule has 25 heavy (non-hydrogen) atoms. The van der Waals surface area contributed by atoms with Crippen molar-refractivity contribution in [2.75, 3.05) is 6.54 Å². The Balaban J connectivity index is 2.04. The molecule has 1 aliphatic rings. The highest BCUT2D eigenvalue weighted by atomic mass is 79.9. The number of rotatable bonds is 3. The average molecular weight is 420 g/mol. The summed E-state index contributed by atoms with van der Waals surface area (Å²) in [4.78, 5) is 25.1. The monoisotopic (exact) mass is 419 g/mol. The summed E-state index contributed by atoms with van der Waals surface area (Å²) in [6, 6.07) is 5.68. The van der Waals surface area contributed by atoms with Crippen LogP contribution in [-0.4, -0.2) is 41.1 Å². The smallest absolute Gasteiger partial charge is 0.411 e. The molecule has 0 N–H and O–H groups in total. The van der Waals surface area contributed by atoms with Gasteiger partial charge in [0.25, 0.3) is 5.92 Å². The van der Waals surface area contributed by atoms with Gasteiger partial charge in [-0.2, -0.15) is 0 Å². The summed E-state index contributed by atoms with van der Waals surface area (Å²) in [7, 11) is 0. The topological polar surface area (TPSA) is 55.8 Å². The predicted octanol–water partition coefficient (Wildman–Crippen LogP) is 4.14.